The van der Waals surface area contributed by atoms with Gasteiger partial charge in [0.2, 0.25) is 0 Å². The number of hydrogen-bond donors (Lipinski definition) is 0. The SMILES string of the molecule is C=Cc1ccccc1.C=Cc1ccccc1.C=Cc1ccccc1.CC(C)c1ccccc1.CC(C)c1ccccc1.CC(CC(C)c1ccccc1)c1ccccc1.CC(CC(C)c1ccccc1)c1ccccc1.CC(CC(CC(C)c1ccccc1)c1ccccc1)c1ccccc1.CC(CC(CC(C)c1ccccc1)c1ccccc1)c1ccccc1.CC(CC(CCc1ccccc1)c1ccccc1)c1ccccc1.[HH]. The number of benzene rings is 18. The molecular weight excluding hydrogens is 1800 g/mol. The van der Waals surface area contributed by atoms with Crippen LogP contribution >= 0.6 is 0 Å². The molecule has 150 heavy (non-hydrogen) atoms. The Kier molecular flexibility index (Phi) is 56.1. The van der Waals surface area contributed by atoms with Crippen molar-refractivity contribution in [3.63, 3.8) is 0 Å². The first kappa shape index (κ1) is 119. The van der Waals surface area contributed by atoms with E-state index in [1.54, 1.807) is 0 Å². The first-order valence-electron chi connectivity index (χ1n) is 55.0. The molecule has 0 aliphatic carbocycles. The standard InChI is InChI=1S/2C25H28.C24H26.2C17H20.2C9H12.3C8H8.H2/c2*1-20(22-12-6-3-7-13-22)18-25(24-16-10-5-11-17-24)19-21(2)23-14-8-4-9-15-23;1-20(22-13-7-3-8-14-22)19-24(23-15-9-4-10-16-23)18-17-21-11-5-2-6-12-21;2*1-14(16-9-5-3-6-10-16)13-15(2)17-11-7-4-8-12-17;2*1-8(2)9-6-4-3-5-7-9;3*1-2-8-6-4-3-5-7-8;/h2*3-17,20-21,25H,18-19H2,1-2H3;2-16,20,24H,17-19H2,1H3;2*3-12,14-15H,13H2,1-2H3;2*3-8H,1-2H3;3*2-7H,1H2;1H. The van der Waals surface area contributed by atoms with Gasteiger partial charge in [-0.05, 0) is 241 Å². The van der Waals surface area contributed by atoms with Gasteiger partial charge in [-0.1, -0.05) is 674 Å². The zero-order valence-electron chi connectivity index (χ0n) is 92.3. The zero-order valence-corrected chi connectivity index (χ0v) is 92.3. The van der Waals surface area contributed by atoms with E-state index in [2.05, 4.69) is 553 Å². The highest BCUT2D eigenvalue weighted by Gasteiger charge is 2.24. The van der Waals surface area contributed by atoms with Crippen LogP contribution in [0.25, 0.3) is 18.2 Å². The van der Waals surface area contributed by atoms with Crippen LogP contribution < -0.4 is 0 Å². The minimum Gasteiger partial charge on any atom is -0.0985 e. The van der Waals surface area contributed by atoms with Crippen molar-refractivity contribution in [3.05, 3.63) is 666 Å². The fraction of sp³-hybridized carbons (Fsp3) is 0.240. The zero-order chi connectivity index (χ0) is 107. The molecule has 0 spiro atoms. The van der Waals surface area contributed by atoms with Gasteiger partial charge < -0.3 is 0 Å². The van der Waals surface area contributed by atoms with E-state index in [0.29, 0.717) is 82.9 Å². The number of hydrogen-bond acceptors (Lipinski definition) is 0. The van der Waals surface area contributed by atoms with E-state index in [0.717, 1.165) is 6.42 Å². The lowest BCUT2D eigenvalue weighted by Crippen LogP contribution is -2.08. The van der Waals surface area contributed by atoms with Crippen LogP contribution in [0.15, 0.2) is 566 Å². The molecule has 0 radical (unpaired) electrons. The Labute approximate surface area is 909 Å². The molecule has 0 heteroatoms. The molecule has 18 aromatic rings. The summed E-state index contributed by atoms with van der Waals surface area (Å²) < 4.78 is 0. The highest BCUT2D eigenvalue weighted by atomic mass is 14.3. The molecule has 10 atom stereocenters. The maximum atomic E-state index is 3.63. The van der Waals surface area contributed by atoms with Gasteiger partial charge in [-0.25, -0.2) is 0 Å². The van der Waals surface area contributed by atoms with Crippen LogP contribution in [0.3, 0.4) is 0 Å². The van der Waals surface area contributed by atoms with Crippen molar-refractivity contribution >= 4 is 18.2 Å². The van der Waals surface area contributed by atoms with Gasteiger partial charge in [0.25, 0.3) is 0 Å². The molecule has 0 fully saturated rings. The molecule has 0 saturated heterocycles. The average molecular weight is 1980 g/mol. The first-order chi connectivity index (χ1) is 73.2. The summed E-state index contributed by atoms with van der Waals surface area (Å²) in [4.78, 5) is 0. The molecular formula is C150H172. The second-order valence-electron chi connectivity index (χ2n) is 40.8. The second-order valence-corrected chi connectivity index (χ2v) is 40.8. The van der Waals surface area contributed by atoms with Gasteiger partial charge in [0.15, 0.2) is 0 Å². The van der Waals surface area contributed by atoms with Crippen LogP contribution in [0, 0.1) is 0 Å². The summed E-state index contributed by atoms with van der Waals surface area (Å²) in [7, 11) is 0. The predicted molar refractivity (Wildman–Crippen MR) is 661 cm³/mol. The Morgan fingerprint density at radius 1 is 0.147 bits per heavy atom. The largest absolute Gasteiger partial charge is 0.0985 e. The smallest absolute Gasteiger partial charge is 0 e. The molecule has 18 aromatic carbocycles. The molecule has 0 aliphatic heterocycles. The van der Waals surface area contributed by atoms with E-state index in [1.165, 1.54) is 152 Å². The van der Waals surface area contributed by atoms with Crippen LogP contribution in [-0.4, -0.2) is 0 Å². The average Bonchev–Trinajstić information content (AvgIpc) is 0.863. The Morgan fingerprint density at radius 2 is 0.273 bits per heavy atom. The van der Waals surface area contributed by atoms with E-state index in [4.69, 9.17) is 0 Å². The van der Waals surface area contributed by atoms with E-state index in [1.807, 2.05) is 121 Å². The monoisotopic (exact) mass is 1970 g/mol. The minimum atomic E-state index is 0. The maximum Gasteiger partial charge on any atom is 0 e. The van der Waals surface area contributed by atoms with Crippen LogP contribution in [-0.2, 0) is 6.42 Å². The molecule has 0 amide bonds. The molecule has 0 aliphatic rings. The van der Waals surface area contributed by atoms with Crippen molar-refractivity contribution in [1.29, 1.82) is 0 Å². The van der Waals surface area contributed by atoms with Gasteiger partial charge in [-0.2, -0.15) is 0 Å². The minimum absolute atomic E-state index is 0. The lowest BCUT2D eigenvalue weighted by atomic mass is 9.80. The molecule has 772 valence electrons. The van der Waals surface area contributed by atoms with Gasteiger partial charge in [0, 0.05) is 1.43 Å². The highest BCUT2D eigenvalue weighted by Crippen LogP contribution is 2.41. The maximum absolute atomic E-state index is 3.63. The van der Waals surface area contributed by atoms with Crippen LogP contribution in [0.4, 0.5) is 0 Å². The van der Waals surface area contributed by atoms with Gasteiger partial charge in [0.1, 0.15) is 0 Å². The highest BCUT2D eigenvalue weighted by molar-refractivity contribution is 5.48. The third kappa shape index (κ3) is 46.3. The van der Waals surface area contributed by atoms with E-state index < -0.39 is 0 Å². The lowest BCUT2D eigenvalue weighted by molar-refractivity contribution is 0.489. The Morgan fingerprint density at radius 3 is 0.420 bits per heavy atom. The number of aryl methyl sites for hydroxylation is 1. The lowest BCUT2D eigenvalue weighted by Gasteiger charge is -2.25. The molecule has 0 aromatic heterocycles. The van der Waals surface area contributed by atoms with E-state index in [9.17, 15) is 0 Å². The molecule has 0 bridgehead atoms. The first-order valence-corrected chi connectivity index (χ1v) is 55.0. The van der Waals surface area contributed by atoms with Gasteiger partial charge >= 0.3 is 0 Å². The summed E-state index contributed by atoms with van der Waals surface area (Å²) in [5, 5.41) is 0. The van der Waals surface area contributed by atoms with Crippen molar-refractivity contribution in [2.45, 2.75) is 231 Å². The van der Waals surface area contributed by atoms with Crippen molar-refractivity contribution in [2.24, 2.45) is 0 Å². The van der Waals surface area contributed by atoms with E-state index >= 15 is 0 Å². The van der Waals surface area contributed by atoms with Gasteiger partial charge in [-0.3, -0.25) is 0 Å². The molecule has 0 saturated carbocycles. The summed E-state index contributed by atoms with van der Waals surface area (Å²) in [5.74, 6) is 8.37. The van der Waals surface area contributed by atoms with Crippen LogP contribution in [0.1, 0.15) is 326 Å². The van der Waals surface area contributed by atoms with Crippen molar-refractivity contribution in [2.75, 3.05) is 0 Å². The fourth-order valence-electron chi connectivity index (χ4n) is 19.2. The molecule has 0 N–H and O–H groups in total. The summed E-state index contributed by atoms with van der Waals surface area (Å²) in [6, 6.07) is 193. The molecule has 0 nitrogen and oxygen atoms in total. The van der Waals surface area contributed by atoms with Crippen LogP contribution in [0.2, 0.25) is 0 Å². The van der Waals surface area contributed by atoms with Crippen LogP contribution in [0.5, 0.6) is 0 Å². The normalized spacial score (nSPS) is 12.8. The van der Waals surface area contributed by atoms with Gasteiger partial charge in [0.05, 0.1) is 0 Å². The Balaban J connectivity index is 0.000000210. The third-order valence-corrected chi connectivity index (χ3v) is 28.4. The van der Waals surface area contributed by atoms with E-state index in [-0.39, 0.29) is 1.43 Å². The fourth-order valence-corrected chi connectivity index (χ4v) is 19.2. The number of rotatable bonds is 34. The summed E-state index contributed by atoms with van der Waals surface area (Å²) in [5.41, 5.74) is 25.2. The third-order valence-electron chi connectivity index (χ3n) is 28.4. The van der Waals surface area contributed by atoms with Crippen molar-refractivity contribution < 1.29 is 1.43 Å². The predicted octanol–water partition coefficient (Wildman–Crippen LogP) is 43.7. The quantitative estimate of drug-likeness (QED) is 0.0377. The summed E-state index contributed by atoms with van der Waals surface area (Å²) in [6.07, 6.45) is 16.2. The Hall–Kier alpha value is -14.8. The second kappa shape index (κ2) is 70.9. The van der Waals surface area contributed by atoms with Crippen molar-refractivity contribution in [3.8, 4) is 0 Å². The topological polar surface area (TPSA) is 0 Å². The Bertz CT molecular complexity index is 5800. The molecule has 18 rings (SSSR count). The molecule has 10 unspecified atom stereocenters. The summed E-state index contributed by atoms with van der Waals surface area (Å²) >= 11 is 0. The summed E-state index contributed by atoms with van der Waals surface area (Å²) in [6.45, 7) is 40.8. The van der Waals surface area contributed by atoms with Crippen molar-refractivity contribution in [1.82, 2.24) is 0 Å². The van der Waals surface area contributed by atoms with Gasteiger partial charge in [-0.15, -0.1) is 0 Å². The molecule has 0 heterocycles.